The quantitative estimate of drug-likeness (QED) is 0.672. The van der Waals surface area contributed by atoms with Crippen LogP contribution < -0.4 is 5.32 Å². The van der Waals surface area contributed by atoms with E-state index >= 15 is 0 Å². The largest absolute Gasteiger partial charge is 0.344 e. The van der Waals surface area contributed by atoms with E-state index in [0.29, 0.717) is 18.0 Å². The van der Waals surface area contributed by atoms with E-state index in [4.69, 9.17) is 0 Å². The van der Waals surface area contributed by atoms with E-state index in [1.54, 1.807) is 11.8 Å². The van der Waals surface area contributed by atoms with Crippen LogP contribution in [0.5, 0.6) is 0 Å². The first-order valence-electron chi connectivity index (χ1n) is 10.1. The number of nitrogens with one attached hydrogen (secondary N) is 2. The standard InChI is InChI=1S/C23H26N4O2/c1-14(2)12-20(21-24-18-10-6-7-11-19(18)25-21)26-22(28)15(3)27-13-16-8-4-5-9-17(16)23(27)29/h4-11,14-15,20H,12-13H2,1-3H3,(H,24,25)(H,26,28)/t15-,20?/m1/s1. The Balaban J connectivity index is 1.53. The Kier molecular flexibility index (Phi) is 5.09. The summed E-state index contributed by atoms with van der Waals surface area (Å²) in [6.45, 7) is 6.48. The highest BCUT2D eigenvalue weighted by molar-refractivity contribution is 6.01. The lowest BCUT2D eigenvalue weighted by Gasteiger charge is -2.26. The van der Waals surface area contributed by atoms with Gasteiger partial charge in [-0.15, -0.1) is 0 Å². The van der Waals surface area contributed by atoms with E-state index < -0.39 is 6.04 Å². The number of rotatable bonds is 6. The molecule has 1 aromatic heterocycles. The molecule has 6 nitrogen and oxygen atoms in total. The Morgan fingerprint density at radius 1 is 1.14 bits per heavy atom. The van der Waals surface area contributed by atoms with E-state index in [2.05, 4.69) is 29.1 Å². The summed E-state index contributed by atoms with van der Waals surface area (Å²) in [7, 11) is 0. The molecule has 0 aliphatic carbocycles. The molecule has 29 heavy (non-hydrogen) atoms. The van der Waals surface area contributed by atoms with Crippen molar-refractivity contribution in [2.45, 2.75) is 45.8 Å². The van der Waals surface area contributed by atoms with E-state index in [9.17, 15) is 9.59 Å². The normalized spacial score (nSPS) is 15.6. The van der Waals surface area contributed by atoms with Crippen molar-refractivity contribution in [3.8, 4) is 0 Å². The first kappa shape index (κ1) is 19.2. The van der Waals surface area contributed by atoms with Gasteiger partial charge in [0.2, 0.25) is 5.91 Å². The lowest BCUT2D eigenvalue weighted by atomic mass is 10.0. The third-order valence-electron chi connectivity index (χ3n) is 5.46. The van der Waals surface area contributed by atoms with Crippen molar-refractivity contribution in [1.29, 1.82) is 0 Å². The Labute approximate surface area is 170 Å². The maximum atomic E-state index is 13.1. The molecule has 0 fully saturated rings. The molecule has 2 heterocycles. The van der Waals surface area contributed by atoms with Crippen LogP contribution in [0.4, 0.5) is 0 Å². The molecule has 0 radical (unpaired) electrons. The Bertz CT molecular complexity index is 1020. The van der Waals surface area contributed by atoms with Crippen LogP contribution in [0.3, 0.4) is 0 Å². The fourth-order valence-electron chi connectivity index (χ4n) is 3.87. The molecule has 2 atom stereocenters. The fourth-order valence-corrected chi connectivity index (χ4v) is 3.87. The molecular formula is C23H26N4O2. The van der Waals surface area contributed by atoms with Crippen LogP contribution in [-0.4, -0.2) is 32.7 Å². The number of fused-ring (bicyclic) bond motifs is 2. The predicted molar refractivity (Wildman–Crippen MR) is 112 cm³/mol. The summed E-state index contributed by atoms with van der Waals surface area (Å²) >= 11 is 0. The molecule has 3 aromatic rings. The van der Waals surface area contributed by atoms with Gasteiger partial charge in [0, 0.05) is 12.1 Å². The van der Waals surface area contributed by atoms with Gasteiger partial charge < -0.3 is 15.2 Å². The smallest absolute Gasteiger partial charge is 0.255 e. The second-order valence-corrected chi connectivity index (χ2v) is 8.10. The minimum atomic E-state index is -0.561. The number of aromatic amines is 1. The van der Waals surface area contributed by atoms with Crippen molar-refractivity contribution < 1.29 is 9.59 Å². The number of nitrogens with zero attached hydrogens (tertiary/aromatic N) is 2. The average molecular weight is 390 g/mol. The summed E-state index contributed by atoms with van der Waals surface area (Å²) < 4.78 is 0. The van der Waals surface area contributed by atoms with Gasteiger partial charge in [-0.05, 0) is 43.0 Å². The minimum Gasteiger partial charge on any atom is -0.344 e. The van der Waals surface area contributed by atoms with Gasteiger partial charge >= 0.3 is 0 Å². The monoisotopic (exact) mass is 390 g/mol. The zero-order valence-corrected chi connectivity index (χ0v) is 17.0. The van der Waals surface area contributed by atoms with Gasteiger partial charge in [0.05, 0.1) is 17.1 Å². The topological polar surface area (TPSA) is 78.1 Å². The Morgan fingerprint density at radius 3 is 2.59 bits per heavy atom. The highest BCUT2D eigenvalue weighted by atomic mass is 16.2. The van der Waals surface area contributed by atoms with Crippen molar-refractivity contribution in [3.05, 3.63) is 65.5 Å². The van der Waals surface area contributed by atoms with Gasteiger partial charge in [-0.2, -0.15) is 0 Å². The van der Waals surface area contributed by atoms with Gasteiger partial charge in [-0.1, -0.05) is 44.2 Å². The van der Waals surface area contributed by atoms with Crippen molar-refractivity contribution in [3.63, 3.8) is 0 Å². The molecule has 1 aliphatic heterocycles. The van der Waals surface area contributed by atoms with Gasteiger partial charge in [0.25, 0.3) is 5.91 Å². The molecule has 2 N–H and O–H groups in total. The van der Waals surface area contributed by atoms with Crippen LogP contribution in [0, 0.1) is 5.92 Å². The summed E-state index contributed by atoms with van der Waals surface area (Å²) in [4.78, 5) is 35.4. The molecule has 2 amide bonds. The average Bonchev–Trinajstić information content (AvgIpc) is 3.28. The highest BCUT2D eigenvalue weighted by Gasteiger charge is 2.34. The van der Waals surface area contributed by atoms with Crippen molar-refractivity contribution >= 4 is 22.8 Å². The van der Waals surface area contributed by atoms with E-state index in [0.717, 1.165) is 28.8 Å². The molecule has 4 rings (SSSR count). The molecule has 6 heteroatoms. The highest BCUT2D eigenvalue weighted by Crippen LogP contribution is 2.26. The molecule has 2 aromatic carbocycles. The van der Waals surface area contributed by atoms with Gasteiger partial charge in [-0.3, -0.25) is 9.59 Å². The number of imidazole rings is 1. The summed E-state index contributed by atoms with van der Waals surface area (Å²) in [6.07, 6.45) is 0.756. The van der Waals surface area contributed by atoms with Gasteiger partial charge in [0.1, 0.15) is 11.9 Å². The van der Waals surface area contributed by atoms with Crippen LogP contribution in [0.15, 0.2) is 48.5 Å². The molecule has 0 spiro atoms. The number of amides is 2. The minimum absolute atomic E-state index is 0.0904. The van der Waals surface area contributed by atoms with Crippen LogP contribution >= 0.6 is 0 Å². The molecule has 0 bridgehead atoms. The number of hydrogen-bond acceptors (Lipinski definition) is 3. The SMILES string of the molecule is CC(C)CC(NC(=O)[C@@H](C)N1Cc2ccccc2C1=O)c1nc2ccccc2[nH]1. The van der Waals surface area contributed by atoms with E-state index in [-0.39, 0.29) is 17.9 Å². The zero-order valence-electron chi connectivity index (χ0n) is 17.0. The van der Waals surface area contributed by atoms with Gasteiger partial charge in [-0.25, -0.2) is 4.98 Å². The first-order chi connectivity index (χ1) is 13.9. The second kappa shape index (κ2) is 7.70. The third-order valence-corrected chi connectivity index (χ3v) is 5.46. The lowest BCUT2D eigenvalue weighted by Crippen LogP contribution is -2.46. The van der Waals surface area contributed by atoms with Crippen LogP contribution in [0.2, 0.25) is 0 Å². The van der Waals surface area contributed by atoms with Crippen molar-refractivity contribution in [2.24, 2.45) is 5.92 Å². The maximum absolute atomic E-state index is 13.1. The summed E-state index contributed by atoms with van der Waals surface area (Å²) in [5.74, 6) is 0.864. The molecule has 0 saturated carbocycles. The summed E-state index contributed by atoms with van der Waals surface area (Å²) in [6, 6.07) is 14.6. The number of carbonyl (C=O) groups excluding carboxylic acids is 2. The lowest BCUT2D eigenvalue weighted by molar-refractivity contribution is -0.126. The Morgan fingerprint density at radius 2 is 1.86 bits per heavy atom. The van der Waals surface area contributed by atoms with Crippen molar-refractivity contribution in [2.75, 3.05) is 0 Å². The molecular weight excluding hydrogens is 364 g/mol. The number of benzene rings is 2. The summed E-state index contributed by atoms with van der Waals surface area (Å²) in [5, 5.41) is 3.12. The first-order valence-corrected chi connectivity index (χ1v) is 10.1. The van der Waals surface area contributed by atoms with E-state index in [1.807, 2.05) is 48.5 Å². The van der Waals surface area contributed by atoms with Crippen LogP contribution in [0.1, 0.15) is 55.0 Å². The number of H-pyrrole nitrogens is 1. The fraction of sp³-hybridized carbons (Fsp3) is 0.348. The Hall–Kier alpha value is -3.15. The van der Waals surface area contributed by atoms with Gasteiger partial charge in [0.15, 0.2) is 0 Å². The number of hydrogen-bond donors (Lipinski definition) is 2. The summed E-state index contributed by atoms with van der Waals surface area (Å²) in [5.41, 5.74) is 3.48. The number of aromatic nitrogens is 2. The second-order valence-electron chi connectivity index (χ2n) is 8.10. The number of carbonyl (C=O) groups is 2. The molecule has 1 unspecified atom stereocenters. The van der Waals surface area contributed by atoms with Crippen molar-refractivity contribution in [1.82, 2.24) is 20.2 Å². The van der Waals surface area contributed by atoms with E-state index in [1.165, 1.54) is 0 Å². The zero-order chi connectivity index (χ0) is 20.5. The predicted octanol–water partition coefficient (Wildman–Crippen LogP) is 3.81. The van der Waals surface area contributed by atoms with Crippen LogP contribution in [0.25, 0.3) is 11.0 Å². The molecule has 150 valence electrons. The number of para-hydroxylation sites is 2. The maximum Gasteiger partial charge on any atom is 0.255 e. The molecule has 0 saturated heterocycles. The molecule has 1 aliphatic rings. The third kappa shape index (κ3) is 3.75. The van der Waals surface area contributed by atoms with Crippen LogP contribution in [-0.2, 0) is 11.3 Å².